The first kappa shape index (κ1) is 26.1. The molecule has 3 aromatic rings. The Morgan fingerprint density at radius 2 is 1.98 bits per heavy atom. The van der Waals surface area contributed by atoms with E-state index in [1.807, 2.05) is 28.7 Å². The number of aromatic nitrogens is 2. The second-order valence-electron chi connectivity index (χ2n) is 10.4. The fourth-order valence-corrected chi connectivity index (χ4v) is 6.20. The standard InChI is InChI=1S/C30H29ClFN5O3/c1-17(38)36-12-7-20(8-13-36)37-14-10-24-27-25(37)6-4-21-23(9-11-35(2)29(21)28(27)30(40)34-24)33-26(39)16-18-15-19(32)3-5-22(18)31/h3-6,9-11,15,20,34,40H,7-8,12-14,16H2,1-2H3. The van der Waals surface area contributed by atoms with Gasteiger partial charge in [-0.15, -0.1) is 0 Å². The van der Waals surface area contributed by atoms with E-state index in [2.05, 4.69) is 21.0 Å². The lowest BCUT2D eigenvalue weighted by Crippen LogP contribution is -2.49. The summed E-state index contributed by atoms with van der Waals surface area (Å²) in [5, 5.41) is 13.6. The number of rotatable bonds is 3. The first-order valence-corrected chi connectivity index (χ1v) is 13.7. The van der Waals surface area contributed by atoms with Gasteiger partial charge in [0.2, 0.25) is 5.91 Å². The van der Waals surface area contributed by atoms with Crippen molar-refractivity contribution in [1.29, 1.82) is 0 Å². The van der Waals surface area contributed by atoms with Crippen LogP contribution in [0.5, 0.6) is 5.88 Å². The number of pyridine rings is 1. The van der Waals surface area contributed by atoms with Crippen LogP contribution in [-0.4, -0.2) is 61.9 Å². The molecule has 10 heteroatoms. The third-order valence-electron chi connectivity index (χ3n) is 8.00. The number of likely N-dealkylation sites (tertiary alicyclic amines) is 1. The van der Waals surface area contributed by atoms with Gasteiger partial charge in [0.25, 0.3) is 5.91 Å². The van der Waals surface area contributed by atoms with E-state index in [1.165, 1.54) is 18.2 Å². The molecule has 0 atom stereocenters. The second kappa shape index (κ2) is 10.1. The minimum absolute atomic E-state index is 0.0440. The van der Waals surface area contributed by atoms with E-state index in [0.717, 1.165) is 34.8 Å². The highest BCUT2D eigenvalue weighted by Gasteiger charge is 2.31. The molecule has 0 unspecified atom stereocenters. The van der Waals surface area contributed by atoms with Crippen molar-refractivity contribution in [3.63, 3.8) is 0 Å². The predicted molar refractivity (Wildman–Crippen MR) is 151 cm³/mol. The normalized spacial score (nSPS) is 16.9. The molecule has 1 aliphatic carbocycles. The molecule has 6 rings (SSSR count). The van der Waals surface area contributed by atoms with Crippen LogP contribution in [-0.2, 0) is 23.1 Å². The molecule has 1 saturated heterocycles. The summed E-state index contributed by atoms with van der Waals surface area (Å²) in [6.45, 7) is 3.70. The number of nitrogens with zero attached hydrogens (tertiary/aromatic N) is 4. The molecule has 1 fully saturated rings. The van der Waals surface area contributed by atoms with Gasteiger partial charge in [0.15, 0.2) is 5.88 Å². The van der Waals surface area contributed by atoms with Gasteiger partial charge in [-0.05, 0) is 60.9 Å². The second-order valence-corrected chi connectivity index (χ2v) is 10.8. The van der Waals surface area contributed by atoms with Crippen LogP contribution >= 0.6 is 11.6 Å². The van der Waals surface area contributed by atoms with Gasteiger partial charge in [0.05, 0.1) is 23.0 Å². The maximum absolute atomic E-state index is 13.8. The average molecular weight is 562 g/mol. The van der Waals surface area contributed by atoms with Gasteiger partial charge in [-0.1, -0.05) is 11.6 Å². The van der Waals surface area contributed by atoms with Crippen LogP contribution < -0.4 is 15.9 Å². The van der Waals surface area contributed by atoms with Gasteiger partial charge in [-0.3, -0.25) is 9.59 Å². The molecule has 3 aliphatic rings. The summed E-state index contributed by atoms with van der Waals surface area (Å²) in [5.41, 5.74) is 3.41. The smallest absolute Gasteiger partial charge is 0.250 e. The molecule has 2 aromatic heterocycles. The zero-order chi connectivity index (χ0) is 28.1. The summed E-state index contributed by atoms with van der Waals surface area (Å²) in [5.74, 6) is -0.785. The van der Waals surface area contributed by atoms with E-state index in [1.54, 1.807) is 19.2 Å². The maximum atomic E-state index is 13.8. The Bertz CT molecular complexity index is 1780. The molecule has 1 aromatic carbocycles. The Morgan fingerprint density at radius 3 is 2.73 bits per heavy atom. The number of aromatic amines is 1. The highest BCUT2D eigenvalue weighted by molar-refractivity contribution is 6.31. The van der Waals surface area contributed by atoms with Crippen LogP contribution in [0.2, 0.25) is 5.02 Å². The molecule has 40 heavy (non-hydrogen) atoms. The van der Waals surface area contributed by atoms with Crippen LogP contribution in [0.1, 0.15) is 30.9 Å². The molecule has 0 bridgehead atoms. The number of carbonyl (C=O) groups is 2. The first-order chi connectivity index (χ1) is 19.2. The average Bonchev–Trinajstić information content (AvgIpc) is 3.13. The van der Waals surface area contributed by atoms with Gasteiger partial charge < -0.3 is 24.5 Å². The minimum Gasteiger partial charge on any atom is -0.494 e. The molecule has 2 amide bonds. The number of hydrogen-bond donors (Lipinski definition) is 2. The Hall–Kier alpha value is -4.11. The molecule has 0 spiro atoms. The van der Waals surface area contributed by atoms with Crippen LogP contribution in [0.3, 0.4) is 0 Å². The Morgan fingerprint density at radius 1 is 1.20 bits per heavy atom. The van der Waals surface area contributed by atoms with E-state index in [-0.39, 0.29) is 24.2 Å². The van der Waals surface area contributed by atoms with E-state index in [9.17, 15) is 19.1 Å². The summed E-state index contributed by atoms with van der Waals surface area (Å²) in [7, 11) is 1.89. The third kappa shape index (κ3) is 4.54. The van der Waals surface area contributed by atoms with Crippen LogP contribution in [0, 0.1) is 5.82 Å². The van der Waals surface area contributed by atoms with Crippen molar-refractivity contribution in [2.75, 3.05) is 19.6 Å². The van der Waals surface area contributed by atoms with Gasteiger partial charge in [-0.25, -0.2) is 9.38 Å². The SMILES string of the molecule is CC(=O)N1CCC(N2CC=c3[nH]c(O)c4c3=C2C=Cc2c-4n(C)ccc2=NC(=O)Cc2cc(F)ccc2Cl)CC1. The van der Waals surface area contributed by atoms with Crippen molar-refractivity contribution >= 4 is 41.3 Å². The number of aryl methyl sites for hydroxylation is 1. The number of nitrogens with one attached hydrogen (secondary N) is 1. The number of H-pyrrole nitrogens is 1. The van der Waals surface area contributed by atoms with Crippen LogP contribution in [0.15, 0.2) is 41.5 Å². The quantitative estimate of drug-likeness (QED) is 0.514. The number of amides is 2. The topological polar surface area (TPSA) is 93.9 Å². The number of fused-ring (bicyclic) bond motifs is 2. The predicted octanol–water partition coefficient (Wildman–Crippen LogP) is 2.43. The van der Waals surface area contributed by atoms with Crippen molar-refractivity contribution in [1.82, 2.24) is 19.4 Å². The lowest BCUT2D eigenvalue weighted by Gasteiger charge is -2.40. The molecule has 206 valence electrons. The summed E-state index contributed by atoms with van der Waals surface area (Å²) < 4.78 is 15.7. The van der Waals surface area contributed by atoms with Gasteiger partial charge >= 0.3 is 0 Å². The van der Waals surface area contributed by atoms with E-state index < -0.39 is 11.7 Å². The van der Waals surface area contributed by atoms with Gasteiger partial charge in [0.1, 0.15) is 5.82 Å². The lowest BCUT2D eigenvalue weighted by atomic mass is 10.00. The van der Waals surface area contributed by atoms with E-state index >= 15 is 0 Å². The number of piperidine rings is 1. The fourth-order valence-electron chi connectivity index (χ4n) is 6.01. The fraction of sp³-hybridized carbons (Fsp3) is 0.300. The summed E-state index contributed by atoms with van der Waals surface area (Å²) in [4.78, 5) is 36.6. The number of hydrogen-bond acceptors (Lipinski definition) is 4. The van der Waals surface area contributed by atoms with Crippen molar-refractivity contribution in [3.8, 4) is 17.1 Å². The zero-order valence-electron chi connectivity index (χ0n) is 22.2. The third-order valence-corrected chi connectivity index (χ3v) is 8.37. The largest absolute Gasteiger partial charge is 0.494 e. The molecular weight excluding hydrogens is 533 g/mol. The van der Waals surface area contributed by atoms with Crippen molar-refractivity contribution in [3.05, 3.63) is 74.4 Å². The lowest BCUT2D eigenvalue weighted by molar-refractivity contribution is -0.130. The molecule has 2 aliphatic heterocycles. The molecular formula is C30H29ClFN5O3. The number of aromatic hydroxyl groups is 1. The summed E-state index contributed by atoms with van der Waals surface area (Å²) in [6.07, 6.45) is 9.42. The monoisotopic (exact) mass is 561 g/mol. The summed E-state index contributed by atoms with van der Waals surface area (Å²) in [6, 6.07) is 5.91. The van der Waals surface area contributed by atoms with Crippen molar-refractivity contribution < 1.29 is 19.1 Å². The maximum Gasteiger partial charge on any atom is 0.250 e. The first-order valence-electron chi connectivity index (χ1n) is 13.3. The van der Waals surface area contributed by atoms with Crippen molar-refractivity contribution in [2.45, 2.75) is 32.2 Å². The molecule has 4 heterocycles. The molecule has 8 nitrogen and oxygen atoms in total. The summed E-state index contributed by atoms with van der Waals surface area (Å²) >= 11 is 6.18. The van der Waals surface area contributed by atoms with Gasteiger partial charge in [-0.2, -0.15) is 0 Å². The van der Waals surface area contributed by atoms with Gasteiger partial charge in [0, 0.05) is 72.7 Å². The Labute approximate surface area is 235 Å². The minimum atomic E-state index is -0.469. The van der Waals surface area contributed by atoms with E-state index in [4.69, 9.17) is 11.6 Å². The number of halogens is 2. The van der Waals surface area contributed by atoms with Crippen LogP contribution in [0.25, 0.3) is 29.1 Å². The number of carbonyl (C=O) groups excluding carboxylic acids is 2. The zero-order valence-corrected chi connectivity index (χ0v) is 23.0. The molecule has 0 saturated carbocycles. The Kier molecular flexibility index (Phi) is 6.62. The Balaban J connectivity index is 1.43. The number of benzene rings is 1. The highest BCUT2D eigenvalue weighted by Crippen LogP contribution is 2.32. The van der Waals surface area contributed by atoms with Crippen LogP contribution in [0.4, 0.5) is 4.39 Å². The van der Waals surface area contributed by atoms with Crippen molar-refractivity contribution in [2.24, 2.45) is 12.0 Å². The highest BCUT2D eigenvalue weighted by atomic mass is 35.5. The molecule has 2 N–H and O–H groups in total. The molecule has 0 radical (unpaired) electrons. The van der Waals surface area contributed by atoms with E-state index in [0.29, 0.717) is 46.7 Å².